The van der Waals surface area contributed by atoms with Crippen molar-refractivity contribution in [2.45, 2.75) is 0 Å². The Morgan fingerprint density at radius 2 is 2.06 bits per heavy atom. The smallest absolute Gasteiger partial charge is 0.136 e. The van der Waals surface area contributed by atoms with Crippen LogP contribution in [0, 0.1) is 11.8 Å². The van der Waals surface area contributed by atoms with Crippen LogP contribution in [0.4, 0.5) is 0 Å². The Morgan fingerprint density at radius 3 is 2.67 bits per heavy atom. The summed E-state index contributed by atoms with van der Waals surface area (Å²) in [4.78, 5) is 3.95. The highest BCUT2D eigenvalue weighted by Crippen LogP contribution is 1.95. The van der Waals surface area contributed by atoms with Gasteiger partial charge in [0.25, 0.3) is 0 Å². The van der Waals surface area contributed by atoms with Crippen molar-refractivity contribution in [3.05, 3.63) is 53.6 Å². The highest BCUT2D eigenvalue weighted by Gasteiger charge is 1.92. The van der Waals surface area contributed by atoms with Gasteiger partial charge in [-0.1, -0.05) is 11.1 Å². The molecular weight excluding hydrogens is 252 g/mol. The Hall–Kier alpha value is -2.45. The number of aromatic nitrogens is 3. The fourth-order valence-electron chi connectivity index (χ4n) is 1.11. The standard InChI is InChI=1S/C12H8N4O.ClH/c17-14-9-12-6-5-11(15-16-12)4-3-10-2-1-7-13-8-10;/h1-2,5-9,17H;1H/b14-9+;. The Morgan fingerprint density at radius 1 is 1.17 bits per heavy atom. The van der Waals surface area contributed by atoms with Gasteiger partial charge in [0.15, 0.2) is 0 Å². The third-order valence-electron chi connectivity index (χ3n) is 1.87. The molecule has 0 amide bonds. The van der Waals surface area contributed by atoms with E-state index in [4.69, 9.17) is 5.21 Å². The van der Waals surface area contributed by atoms with Gasteiger partial charge >= 0.3 is 0 Å². The first-order valence-electron chi connectivity index (χ1n) is 4.82. The van der Waals surface area contributed by atoms with Crippen molar-refractivity contribution in [2.24, 2.45) is 5.16 Å². The third kappa shape index (κ3) is 3.85. The molecule has 90 valence electrons. The van der Waals surface area contributed by atoms with Gasteiger partial charge in [0.05, 0.1) is 6.21 Å². The maximum atomic E-state index is 8.31. The van der Waals surface area contributed by atoms with Crippen LogP contribution in [0.15, 0.2) is 41.8 Å². The molecule has 6 heteroatoms. The minimum absolute atomic E-state index is 0. The van der Waals surface area contributed by atoms with E-state index in [1.54, 1.807) is 24.5 Å². The molecule has 2 aromatic rings. The van der Waals surface area contributed by atoms with E-state index < -0.39 is 0 Å². The summed E-state index contributed by atoms with van der Waals surface area (Å²) >= 11 is 0. The highest BCUT2D eigenvalue weighted by atomic mass is 35.5. The van der Waals surface area contributed by atoms with Crippen LogP contribution in [0.3, 0.4) is 0 Å². The third-order valence-corrected chi connectivity index (χ3v) is 1.87. The van der Waals surface area contributed by atoms with Gasteiger partial charge in [-0.2, -0.15) is 0 Å². The first kappa shape index (κ1) is 13.6. The van der Waals surface area contributed by atoms with Gasteiger partial charge in [-0.3, -0.25) is 4.98 Å². The van der Waals surface area contributed by atoms with E-state index in [0.29, 0.717) is 11.4 Å². The Bertz CT molecular complexity index is 573. The van der Waals surface area contributed by atoms with Crippen molar-refractivity contribution in [1.82, 2.24) is 15.2 Å². The van der Waals surface area contributed by atoms with Crippen molar-refractivity contribution in [2.75, 3.05) is 0 Å². The molecule has 2 heterocycles. The zero-order valence-electron chi connectivity index (χ0n) is 9.19. The summed E-state index contributed by atoms with van der Waals surface area (Å²) in [5.74, 6) is 5.77. The first-order chi connectivity index (χ1) is 8.38. The quantitative estimate of drug-likeness (QED) is 0.365. The molecule has 1 N–H and O–H groups in total. The van der Waals surface area contributed by atoms with Crippen molar-refractivity contribution in [1.29, 1.82) is 0 Å². The van der Waals surface area contributed by atoms with Crippen molar-refractivity contribution in [3.63, 3.8) is 0 Å². The Labute approximate surface area is 110 Å². The van der Waals surface area contributed by atoms with Crippen molar-refractivity contribution < 1.29 is 5.21 Å². The molecule has 5 nitrogen and oxygen atoms in total. The minimum Gasteiger partial charge on any atom is -0.411 e. The molecule has 18 heavy (non-hydrogen) atoms. The molecule has 0 spiro atoms. The maximum Gasteiger partial charge on any atom is 0.136 e. The van der Waals surface area contributed by atoms with E-state index in [1.165, 1.54) is 6.21 Å². The molecule has 0 aliphatic rings. The minimum atomic E-state index is 0. The number of hydrogen-bond donors (Lipinski definition) is 1. The van der Waals surface area contributed by atoms with Gasteiger partial charge in [-0.15, -0.1) is 22.6 Å². The van der Waals surface area contributed by atoms with Crippen molar-refractivity contribution >= 4 is 18.6 Å². The average Bonchev–Trinajstić information content (AvgIpc) is 2.40. The lowest BCUT2D eigenvalue weighted by molar-refractivity contribution is 0.321. The largest absolute Gasteiger partial charge is 0.411 e. The van der Waals surface area contributed by atoms with E-state index in [1.807, 2.05) is 12.1 Å². The lowest BCUT2D eigenvalue weighted by Crippen LogP contribution is -1.93. The van der Waals surface area contributed by atoms with Crippen molar-refractivity contribution in [3.8, 4) is 11.8 Å². The summed E-state index contributed by atoms with van der Waals surface area (Å²) in [6, 6.07) is 7.05. The lowest BCUT2D eigenvalue weighted by Gasteiger charge is -1.90. The van der Waals surface area contributed by atoms with E-state index in [0.717, 1.165) is 5.56 Å². The normalized spacial score (nSPS) is 9.33. The fraction of sp³-hybridized carbons (Fsp3) is 0. The summed E-state index contributed by atoms with van der Waals surface area (Å²) in [5, 5.41) is 18.8. The van der Waals surface area contributed by atoms with Crippen LogP contribution in [0.25, 0.3) is 0 Å². The molecule has 0 saturated carbocycles. The van der Waals surface area contributed by atoms with Crippen LogP contribution in [0.5, 0.6) is 0 Å². The number of halogens is 1. The number of oxime groups is 1. The van der Waals surface area contributed by atoms with Gasteiger partial charge in [0.2, 0.25) is 0 Å². The molecule has 2 rings (SSSR count). The predicted octanol–water partition coefficient (Wildman–Crippen LogP) is 1.50. The van der Waals surface area contributed by atoms with Gasteiger partial charge in [0.1, 0.15) is 11.4 Å². The second-order valence-corrected chi connectivity index (χ2v) is 3.08. The summed E-state index contributed by atoms with van der Waals surface area (Å²) in [6.45, 7) is 0. The molecule has 0 unspecified atom stereocenters. The summed E-state index contributed by atoms with van der Waals surface area (Å²) in [6.07, 6.45) is 4.56. The van der Waals surface area contributed by atoms with Crippen LogP contribution in [0.2, 0.25) is 0 Å². The lowest BCUT2D eigenvalue weighted by atomic mass is 10.2. The van der Waals surface area contributed by atoms with E-state index in [9.17, 15) is 0 Å². The van der Waals surface area contributed by atoms with Crippen LogP contribution < -0.4 is 0 Å². The SMILES string of the molecule is Cl.O/N=C/c1ccc(C#Cc2cccnc2)nn1. The topological polar surface area (TPSA) is 71.3 Å². The molecule has 0 aliphatic heterocycles. The molecule has 0 atom stereocenters. The van der Waals surface area contributed by atoms with Crippen LogP contribution in [-0.2, 0) is 0 Å². The second-order valence-electron chi connectivity index (χ2n) is 3.08. The highest BCUT2D eigenvalue weighted by molar-refractivity contribution is 5.85. The summed E-state index contributed by atoms with van der Waals surface area (Å²) in [7, 11) is 0. The molecule has 0 aromatic carbocycles. The van der Waals surface area contributed by atoms with Gasteiger partial charge in [0, 0.05) is 18.0 Å². The molecule has 2 aromatic heterocycles. The summed E-state index contributed by atoms with van der Waals surface area (Å²) in [5.41, 5.74) is 1.83. The number of nitrogens with zero attached hydrogens (tertiary/aromatic N) is 4. The Kier molecular flexibility index (Phi) is 5.29. The monoisotopic (exact) mass is 260 g/mol. The van der Waals surface area contributed by atoms with Gasteiger partial charge in [-0.25, -0.2) is 0 Å². The second kappa shape index (κ2) is 6.99. The first-order valence-corrected chi connectivity index (χ1v) is 4.82. The predicted molar refractivity (Wildman–Crippen MR) is 68.9 cm³/mol. The van der Waals surface area contributed by atoms with Crippen LogP contribution >= 0.6 is 12.4 Å². The molecule has 0 aliphatic carbocycles. The zero-order valence-corrected chi connectivity index (χ0v) is 10.0. The van der Waals surface area contributed by atoms with E-state index >= 15 is 0 Å². The van der Waals surface area contributed by atoms with Gasteiger partial charge in [-0.05, 0) is 30.2 Å². The molecule has 0 radical (unpaired) electrons. The summed E-state index contributed by atoms with van der Waals surface area (Å²) < 4.78 is 0. The van der Waals surface area contributed by atoms with E-state index in [2.05, 4.69) is 32.2 Å². The maximum absolute atomic E-state index is 8.31. The number of hydrogen-bond acceptors (Lipinski definition) is 5. The van der Waals surface area contributed by atoms with Gasteiger partial charge < -0.3 is 5.21 Å². The average molecular weight is 261 g/mol. The number of rotatable bonds is 1. The van der Waals surface area contributed by atoms with Crippen LogP contribution in [-0.4, -0.2) is 26.6 Å². The molecular formula is C12H9ClN4O. The fourth-order valence-corrected chi connectivity index (χ4v) is 1.11. The molecule has 0 saturated heterocycles. The van der Waals surface area contributed by atoms with Crippen LogP contribution in [0.1, 0.15) is 17.0 Å². The van der Waals surface area contributed by atoms with E-state index in [-0.39, 0.29) is 12.4 Å². The number of pyridine rings is 1. The molecule has 0 fully saturated rings. The molecule has 0 bridgehead atoms. The Balaban J connectivity index is 0.00000162. The zero-order chi connectivity index (χ0) is 11.9.